The van der Waals surface area contributed by atoms with Gasteiger partial charge in [-0.1, -0.05) is 0 Å². The minimum Gasteiger partial charge on any atom is -0.473 e. The predicted octanol–water partition coefficient (Wildman–Crippen LogP) is 2.63. The Morgan fingerprint density at radius 3 is 2.83 bits per heavy atom. The Balaban J connectivity index is 1.78. The molecular weight excluding hydrogens is 312 g/mol. The highest BCUT2D eigenvalue weighted by atomic mass is 32.2. The molecule has 0 spiro atoms. The standard InChI is InChI=1S/C16H18N4O2S/c1-10-8-11(2)19-16(18-10)20-14(21)13-4-3-6-17-15(13)22-12-5-7-23-9-12/h3-4,6,8,12H,5,7,9H2,1-2H3,(H,18,19,20,21). The van der Waals surface area contributed by atoms with Crippen molar-refractivity contribution in [2.75, 3.05) is 16.8 Å². The molecule has 1 unspecified atom stereocenters. The van der Waals surface area contributed by atoms with Crippen molar-refractivity contribution in [1.29, 1.82) is 0 Å². The van der Waals surface area contributed by atoms with E-state index in [1.54, 1.807) is 18.3 Å². The Kier molecular flexibility index (Phi) is 4.76. The first kappa shape index (κ1) is 15.7. The second-order valence-electron chi connectivity index (χ2n) is 5.39. The van der Waals surface area contributed by atoms with Crippen molar-refractivity contribution in [3.05, 3.63) is 41.3 Å². The summed E-state index contributed by atoms with van der Waals surface area (Å²) in [7, 11) is 0. The van der Waals surface area contributed by atoms with Crippen molar-refractivity contribution < 1.29 is 9.53 Å². The van der Waals surface area contributed by atoms with Crippen LogP contribution in [-0.4, -0.2) is 38.5 Å². The van der Waals surface area contributed by atoms with Gasteiger partial charge in [-0.3, -0.25) is 10.1 Å². The molecule has 1 amide bonds. The summed E-state index contributed by atoms with van der Waals surface area (Å²) in [6.45, 7) is 3.72. The Morgan fingerprint density at radius 1 is 1.35 bits per heavy atom. The summed E-state index contributed by atoms with van der Waals surface area (Å²) in [5.41, 5.74) is 2.00. The Hall–Kier alpha value is -2.15. The molecule has 0 radical (unpaired) electrons. The van der Waals surface area contributed by atoms with E-state index in [1.165, 1.54) is 0 Å². The lowest BCUT2D eigenvalue weighted by Gasteiger charge is -2.14. The molecule has 0 bridgehead atoms. The lowest BCUT2D eigenvalue weighted by molar-refractivity contribution is 0.101. The van der Waals surface area contributed by atoms with Crippen LogP contribution in [0.2, 0.25) is 0 Å². The number of carbonyl (C=O) groups excluding carboxylic acids is 1. The summed E-state index contributed by atoms with van der Waals surface area (Å²) < 4.78 is 5.88. The fourth-order valence-electron chi connectivity index (χ4n) is 2.37. The van der Waals surface area contributed by atoms with Gasteiger partial charge in [-0.25, -0.2) is 15.0 Å². The number of anilines is 1. The van der Waals surface area contributed by atoms with Gasteiger partial charge in [-0.05, 0) is 44.2 Å². The highest BCUT2D eigenvalue weighted by molar-refractivity contribution is 7.99. The van der Waals surface area contributed by atoms with Crippen LogP contribution in [0.25, 0.3) is 0 Å². The van der Waals surface area contributed by atoms with E-state index in [4.69, 9.17) is 4.74 Å². The molecule has 1 fully saturated rings. The molecule has 0 saturated carbocycles. The lowest BCUT2D eigenvalue weighted by Crippen LogP contribution is -2.20. The maximum Gasteiger partial charge on any atom is 0.263 e. The van der Waals surface area contributed by atoms with Crippen molar-refractivity contribution in [3.63, 3.8) is 0 Å². The zero-order valence-electron chi connectivity index (χ0n) is 13.1. The van der Waals surface area contributed by atoms with Crippen molar-refractivity contribution in [3.8, 4) is 5.88 Å². The Bertz CT molecular complexity index is 697. The fraction of sp³-hybridized carbons (Fsp3) is 0.375. The van der Waals surface area contributed by atoms with Crippen LogP contribution >= 0.6 is 11.8 Å². The second-order valence-corrected chi connectivity index (χ2v) is 6.54. The number of ether oxygens (including phenoxy) is 1. The Labute approximate surface area is 139 Å². The molecule has 1 atom stereocenters. The van der Waals surface area contributed by atoms with Crippen LogP contribution in [0.4, 0.5) is 5.95 Å². The number of pyridine rings is 1. The molecule has 3 heterocycles. The van der Waals surface area contributed by atoms with Crippen LogP contribution in [-0.2, 0) is 0 Å². The highest BCUT2D eigenvalue weighted by Gasteiger charge is 2.21. The van der Waals surface area contributed by atoms with Crippen LogP contribution in [0, 0.1) is 13.8 Å². The largest absolute Gasteiger partial charge is 0.473 e. The fourth-order valence-corrected chi connectivity index (χ4v) is 3.47. The maximum atomic E-state index is 12.5. The number of hydrogen-bond donors (Lipinski definition) is 1. The topological polar surface area (TPSA) is 77.0 Å². The van der Waals surface area contributed by atoms with Crippen LogP contribution < -0.4 is 10.1 Å². The van der Waals surface area contributed by atoms with Gasteiger partial charge in [0, 0.05) is 23.3 Å². The first-order valence-electron chi connectivity index (χ1n) is 7.45. The predicted molar refractivity (Wildman–Crippen MR) is 90.1 cm³/mol. The number of nitrogens with one attached hydrogen (secondary N) is 1. The van der Waals surface area contributed by atoms with Gasteiger partial charge < -0.3 is 4.74 Å². The molecule has 0 aromatic carbocycles. The molecule has 120 valence electrons. The van der Waals surface area contributed by atoms with Crippen LogP contribution in [0.15, 0.2) is 24.4 Å². The molecule has 23 heavy (non-hydrogen) atoms. The summed E-state index contributed by atoms with van der Waals surface area (Å²) in [6.07, 6.45) is 2.71. The summed E-state index contributed by atoms with van der Waals surface area (Å²) in [4.78, 5) is 25.2. The van der Waals surface area contributed by atoms with Gasteiger partial charge in [0.2, 0.25) is 11.8 Å². The van der Waals surface area contributed by atoms with Crippen molar-refractivity contribution in [2.45, 2.75) is 26.4 Å². The normalized spacial score (nSPS) is 17.0. The third kappa shape index (κ3) is 3.98. The van der Waals surface area contributed by atoms with E-state index < -0.39 is 0 Å². The van der Waals surface area contributed by atoms with Gasteiger partial charge in [-0.2, -0.15) is 11.8 Å². The summed E-state index contributed by atoms with van der Waals surface area (Å²) in [5, 5.41) is 2.72. The van der Waals surface area contributed by atoms with E-state index in [2.05, 4.69) is 20.3 Å². The number of rotatable bonds is 4. The highest BCUT2D eigenvalue weighted by Crippen LogP contribution is 2.24. The lowest BCUT2D eigenvalue weighted by atomic mass is 10.2. The Morgan fingerprint density at radius 2 is 2.13 bits per heavy atom. The number of carbonyl (C=O) groups is 1. The molecule has 6 nitrogen and oxygen atoms in total. The van der Waals surface area contributed by atoms with Gasteiger partial charge in [-0.15, -0.1) is 0 Å². The van der Waals surface area contributed by atoms with Gasteiger partial charge in [0.25, 0.3) is 5.91 Å². The third-order valence-electron chi connectivity index (χ3n) is 3.39. The van der Waals surface area contributed by atoms with E-state index in [0.29, 0.717) is 17.4 Å². The zero-order chi connectivity index (χ0) is 16.2. The molecule has 2 aromatic rings. The minimum atomic E-state index is -0.316. The summed E-state index contributed by atoms with van der Waals surface area (Å²) in [5.74, 6) is 2.34. The van der Waals surface area contributed by atoms with Crippen molar-refractivity contribution in [1.82, 2.24) is 15.0 Å². The van der Waals surface area contributed by atoms with Gasteiger partial charge in [0.15, 0.2) is 0 Å². The van der Waals surface area contributed by atoms with E-state index in [0.717, 1.165) is 29.3 Å². The molecule has 2 aromatic heterocycles. The van der Waals surface area contributed by atoms with Crippen LogP contribution in [0.3, 0.4) is 0 Å². The average Bonchev–Trinajstić information content (AvgIpc) is 2.99. The monoisotopic (exact) mass is 330 g/mol. The van der Waals surface area contributed by atoms with Crippen LogP contribution in [0.1, 0.15) is 28.2 Å². The van der Waals surface area contributed by atoms with E-state index in [-0.39, 0.29) is 12.0 Å². The molecular formula is C16H18N4O2S. The third-order valence-corrected chi connectivity index (χ3v) is 4.52. The van der Waals surface area contributed by atoms with E-state index >= 15 is 0 Å². The number of aryl methyl sites for hydroxylation is 2. The van der Waals surface area contributed by atoms with Crippen molar-refractivity contribution >= 4 is 23.6 Å². The summed E-state index contributed by atoms with van der Waals surface area (Å²) in [6, 6.07) is 5.27. The van der Waals surface area contributed by atoms with Gasteiger partial charge in [0.1, 0.15) is 11.7 Å². The minimum absolute atomic E-state index is 0.110. The number of amides is 1. The van der Waals surface area contributed by atoms with Gasteiger partial charge in [0.05, 0.1) is 0 Å². The molecule has 1 saturated heterocycles. The molecule has 3 rings (SSSR count). The van der Waals surface area contributed by atoms with Crippen LogP contribution in [0.5, 0.6) is 5.88 Å². The quantitative estimate of drug-likeness (QED) is 0.928. The maximum absolute atomic E-state index is 12.5. The number of thioether (sulfide) groups is 1. The second kappa shape index (κ2) is 6.95. The smallest absolute Gasteiger partial charge is 0.263 e. The molecule has 0 aliphatic carbocycles. The summed E-state index contributed by atoms with van der Waals surface area (Å²) >= 11 is 1.85. The first-order chi connectivity index (χ1) is 11.1. The van der Waals surface area contributed by atoms with E-state index in [1.807, 2.05) is 31.7 Å². The van der Waals surface area contributed by atoms with Crippen molar-refractivity contribution in [2.24, 2.45) is 0 Å². The van der Waals surface area contributed by atoms with Gasteiger partial charge >= 0.3 is 0 Å². The molecule has 1 aliphatic heterocycles. The van der Waals surface area contributed by atoms with E-state index in [9.17, 15) is 4.79 Å². The average molecular weight is 330 g/mol. The SMILES string of the molecule is Cc1cc(C)nc(NC(=O)c2cccnc2OC2CCSC2)n1. The number of hydrogen-bond acceptors (Lipinski definition) is 6. The number of nitrogens with zero attached hydrogens (tertiary/aromatic N) is 3. The molecule has 7 heteroatoms. The zero-order valence-corrected chi connectivity index (χ0v) is 13.9. The first-order valence-corrected chi connectivity index (χ1v) is 8.60. The number of aromatic nitrogens is 3. The molecule has 1 N–H and O–H groups in total. The molecule has 1 aliphatic rings.